The molecule has 0 aromatic carbocycles. The van der Waals surface area contributed by atoms with E-state index in [9.17, 15) is 25.5 Å². The van der Waals surface area contributed by atoms with Crippen LogP contribution in [0.1, 0.15) is 343 Å². The SMILES string of the molecule is CCCCCCCCCCCC[C@@H](O)CN(CCN(CCCN(CCNC[C@H](O)CCCCCCCCCC)C[C@H](O)CCCCCCCCCC)C[C@H](O)CCCCCCCCCC)C[C@H](O)CCCCCCCCCC. The summed E-state index contributed by atoms with van der Waals surface area (Å²) in [5.41, 5.74) is 0. The van der Waals surface area contributed by atoms with Gasteiger partial charge in [-0.3, -0.25) is 14.7 Å². The second-order valence-electron chi connectivity index (χ2n) is 25.2. The fourth-order valence-electron chi connectivity index (χ4n) is 11.7. The number of unbranched alkanes of at least 4 members (excludes halogenated alkanes) is 37. The minimum atomic E-state index is -0.402. The molecular weight excluding hydrogens is 965 g/mol. The summed E-state index contributed by atoms with van der Waals surface area (Å²) >= 11 is 0. The van der Waals surface area contributed by atoms with Gasteiger partial charge in [0.1, 0.15) is 0 Å². The van der Waals surface area contributed by atoms with Crippen LogP contribution in [0.5, 0.6) is 0 Å². The van der Waals surface area contributed by atoms with E-state index in [2.05, 4.69) is 54.6 Å². The van der Waals surface area contributed by atoms with Crippen LogP contribution in [0.25, 0.3) is 0 Å². The molecule has 0 saturated heterocycles. The summed E-state index contributed by atoms with van der Waals surface area (Å²) in [5.74, 6) is 0. The van der Waals surface area contributed by atoms with Crippen molar-refractivity contribution in [3.05, 3.63) is 0 Å². The minimum Gasteiger partial charge on any atom is -0.392 e. The van der Waals surface area contributed by atoms with Gasteiger partial charge in [-0.25, -0.2) is 0 Å². The van der Waals surface area contributed by atoms with E-state index in [0.29, 0.717) is 32.7 Å². The number of aliphatic hydroxyl groups is 5. The third-order valence-electron chi connectivity index (χ3n) is 17.0. The van der Waals surface area contributed by atoms with Gasteiger partial charge < -0.3 is 30.8 Å². The van der Waals surface area contributed by atoms with Crippen molar-refractivity contribution in [1.29, 1.82) is 0 Å². The molecule has 0 bridgehead atoms. The van der Waals surface area contributed by atoms with E-state index in [1.165, 1.54) is 238 Å². The van der Waals surface area contributed by atoms with Crippen LogP contribution < -0.4 is 5.32 Å². The smallest absolute Gasteiger partial charge is 0.0667 e. The molecule has 78 heavy (non-hydrogen) atoms. The van der Waals surface area contributed by atoms with Crippen molar-refractivity contribution in [1.82, 2.24) is 20.0 Å². The Morgan fingerprint density at radius 1 is 0.231 bits per heavy atom. The van der Waals surface area contributed by atoms with Gasteiger partial charge in [-0.15, -0.1) is 0 Å². The van der Waals surface area contributed by atoms with E-state index < -0.39 is 12.2 Å². The third kappa shape index (κ3) is 57.5. The average molecular weight is 1110 g/mol. The Labute approximate surface area is 488 Å². The van der Waals surface area contributed by atoms with Crippen molar-refractivity contribution in [3.63, 3.8) is 0 Å². The quantitative estimate of drug-likeness (QED) is 0.0331. The van der Waals surface area contributed by atoms with Gasteiger partial charge in [-0.05, 0) is 51.6 Å². The van der Waals surface area contributed by atoms with Gasteiger partial charge in [-0.1, -0.05) is 304 Å². The first-order valence-corrected chi connectivity index (χ1v) is 35.5. The third-order valence-corrected chi connectivity index (χ3v) is 17.0. The zero-order chi connectivity index (χ0) is 57.0. The van der Waals surface area contributed by atoms with E-state index in [-0.39, 0.29) is 18.3 Å². The van der Waals surface area contributed by atoms with E-state index in [4.69, 9.17) is 0 Å². The van der Waals surface area contributed by atoms with Crippen molar-refractivity contribution < 1.29 is 25.5 Å². The van der Waals surface area contributed by atoms with Crippen LogP contribution in [0.2, 0.25) is 0 Å². The van der Waals surface area contributed by atoms with Crippen molar-refractivity contribution in [2.24, 2.45) is 0 Å². The Balaban J connectivity index is 5.85. The molecule has 0 aromatic rings. The normalized spacial score (nSPS) is 14.1. The van der Waals surface area contributed by atoms with Gasteiger partial charge in [-0.2, -0.15) is 0 Å². The molecule has 0 aliphatic rings. The van der Waals surface area contributed by atoms with Crippen LogP contribution in [0.4, 0.5) is 0 Å². The molecular formula is C69H144N4O5. The number of rotatable bonds is 67. The van der Waals surface area contributed by atoms with E-state index >= 15 is 0 Å². The molecule has 470 valence electrons. The second kappa shape index (κ2) is 62.7. The van der Waals surface area contributed by atoms with Gasteiger partial charge in [0.05, 0.1) is 30.5 Å². The van der Waals surface area contributed by atoms with Crippen LogP contribution >= 0.6 is 0 Å². The number of hydrogen-bond donors (Lipinski definition) is 6. The molecule has 0 radical (unpaired) electrons. The lowest BCUT2D eigenvalue weighted by molar-refractivity contribution is 0.0469. The van der Waals surface area contributed by atoms with Crippen LogP contribution in [0.3, 0.4) is 0 Å². The van der Waals surface area contributed by atoms with E-state index in [1.54, 1.807) is 0 Å². The second-order valence-corrected chi connectivity index (χ2v) is 25.2. The summed E-state index contributed by atoms with van der Waals surface area (Å²) in [5, 5.41) is 60.3. The zero-order valence-corrected chi connectivity index (χ0v) is 53.7. The highest BCUT2D eigenvalue weighted by Gasteiger charge is 2.20. The molecule has 0 aliphatic heterocycles. The average Bonchev–Trinajstić information content (AvgIpc) is 3.42. The van der Waals surface area contributed by atoms with E-state index in [1.807, 2.05) is 0 Å². The van der Waals surface area contributed by atoms with Gasteiger partial charge in [0.2, 0.25) is 0 Å². The summed E-state index contributed by atoms with van der Waals surface area (Å²) in [6.45, 7) is 19.4. The minimum absolute atomic E-state index is 0.316. The molecule has 0 amide bonds. The summed E-state index contributed by atoms with van der Waals surface area (Å²) < 4.78 is 0. The lowest BCUT2D eigenvalue weighted by atomic mass is 10.0. The van der Waals surface area contributed by atoms with Gasteiger partial charge >= 0.3 is 0 Å². The van der Waals surface area contributed by atoms with Gasteiger partial charge in [0.25, 0.3) is 0 Å². The molecule has 0 heterocycles. The Bertz CT molecular complexity index is 1120. The van der Waals surface area contributed by atoms with Crippen molar-refractivity contribution >= 4 is 0 Å². The molecule has 0 fully saturated rings. The van der Waals surface area contributed by atoms with Crippen LogP contribution in [0.15, 0.2) is 0 Å². The van der Waals surface area contributed by atoms with E-state index in [0.717, 1.165) is 110 Å². The lowest BCUT2D eigenvalue weighted by Gasteiger charge is -2.32. The van der Waals surface area contributed by atoms with Crippen molar-refractivity contribution in [2.45, 2.75) is 373 Å². The zero-order valence-electron chi connectivity index (χ0n) is 53.7. The molecule has 0 saturated carbocycles. The predicted octanol–water partition coefficient (Wildman–Crippen LogP) is 17.1. The number of aliphatic hydroxyl groups excluding tert-OH is 5. The summed E-state index contributed by atoms with van der Waals surface area (Å²) in [6, 6.07) is 0. The number of nitrogens with one attached hydrogen (secondary N) is 1. The molecule has 9 heteroatoms. The Hall–Kier alpha value is -0.360. The standard InChI is InChI=1S/C69H144N4O5/c1-6-11-16-21-26-31-32-37-42-47-53-69(78)64-73(63-68(77)52-46-41-36-30-25-20-15-10-5)59-58-72(62-67(76)51-45-40-35-29-24-19-14-9-4)56-48-55-71(61-66(75)50-44-39-34-28-23-18-13-8-3)57-54-70-60-65(74)49-43-38-33-27-22-17-12-7-2/h65-70,74-78H,6-64H2,1-5H3/t65-,66-,67-,68-,69-/m1/s1. The Morgan fingerprint density at radius 2 is 0.449 bits per heavy atom. The predicted molar refractivity (Wildman–Crippen MR) is 342 cm³/mol. The number of nitrogens with zero attached hydrogens (tertiary/aromatic N) is 3. The highest BCUT2D eigenvalue weighted by Crippen LogP contribution is 2.18. The molecule has 0 aromatic heterocycles. The lowest BCUT2D eigenvalue weighted by Crippen LogP contribution is -2.45. The summed E-state index contributed by atoms with van der Waals surface area (Å²) in [6.07, 6.45) is 56.7. The molecule has 9 nitrogen and oxygen atoms in total. The first-order valence-electron chi connectivity index (χ1n) is 35.5. The van der Waals surface area contributed by atoms with Crippen LogP contribution in [-0.2, 0) is 0 Å². The maximum absolute atomic E-state index is 11.6. The summed E-state index contributed by atoms with van der Waals surface area (Å²) in [7, 11) is 0. The highest BCUT2D eigenvalue weighted by molar-refractivity contribution is 4.75. The fourth-order valence-corrected chi connectivity index (χ4v) is 11.7. The van der Waals surface area contributed by atoms with Crippen LogP contribution in [-0.4, -0.2) is 143 Å². The molecule has 0 aliphatic carbocycles. The Morgan fingerprint density at radius 3 is 0.731 bits per heavy atom. The molecule has 0 rings (SSSR count). The van der Waals surface area contributed by atoms with Crippen molar-refractivity contribution in [2.75, 3.05) is 72.0 Å². The number of hydrogen-bond acceptors (Lipinski definition) is 9. The first-order chi connectivity index (χ1) is 38.2. The largest absolute Gasteiger partial charge is 0.392 e. The molecule has 0 unspecified atom stereocenters. The molecule has 5 atom stereocenters. The maximum Gasteiger partial charge on any atom is 0.0667 e. The first kappa shape index (κ1) is 77.6. The molecule has 0 spiro atoms. The van der Waals surface area contributed by atoms with Crippen LogP contribution in [0, 0.1) is 0 Å². The van der Waals surface area contributed by atoms with Crippen molar-refractivity contribution in [3.8, 4) is 0 Å². The topological polar surface area (TPSA) is 123 Å². The van der Waals surface area contributed by atoms with Gasteiger partial charge in [0.15, 0.2) is 0 Å². The fraction of sp³-hybridized carbons (Fsp3) is 1.00. The monoisotopic (exact) mass is 1110 g/mol. The molecule has 6 N–H and O–H groups in total. The highest BCUT2D eigenvalue weighted by atomic mass is 16.3. The maximum atomic E-state index is 11.6. The summed E-state index contributed by atoms with van der Waals surface area (Å²) in [4.78, 5) is 7.26. The Kier molecular flexibility index (Phi) is 62.4. The van der Waals surface area contributed by atoms with Gasteiger partial charge in [0, 0.05) is 58.9 Å².